The van der Waals surface area contributed by atoms with Crippen molar-refractivity contribution in [1.29, 1.82) is 0 Å². The molecule has 222 valence electrons. The van der Waals surface area contributed by atoms with Crippen LogP contribution in [0.25, 0.3) is 26.9 Å². The number of hydrogen-bond acceptors (Lipinski definition) is 6. The quantitative estimate of drug-likeness (QED) is 0.287. The second-order valence-electron chi connectivity index (χ2n) is 12.5. The SMILES string of the molecule is [C-]#[N+]C[C@H]1CN(c2nc(OC[C@@H]3CCCN3C)nc3cc(-c4cccc5c4C4CCC4C5)c(F)cc23)CCN1C(=O)C=C. The fourth-order valence-electron chi connectivity index (χ4n) is 7.64. The number of hydrogen-bond donors (Lipinski definition) is 0. The summed E-state index contributed by atoms with van der Waals surface area (Å²) < 4.78 is 22.4. The largest absolute Gasteiger partial charge is 0.462 e. The Hall–Kier alpha value is -4.03. The number of likely N-dealkylation sites (tertiary alicyclic amines) is 1. The van der Waals surface area contributed by atoms with Crippen molar-refractivity contribution in [3.63, 3.8) is 0 Å². The molecular weight excluding hydrogens is 543 g/mol. The minimum absolute atomic E-state index is 0.163. The molecule has 2 unspecified atom stereocenters. The van der Waals surface area contributed by atoms with Crippen molar-refractivity contribution in [2.24, 2.45) is 5.92 Å². The third-order valence-electron chi connectivity index (χ3n) is 10.1. The summed E-state index contributed by atoms with van der Waals surface area (Å²) in [4.78, 5) is 31.8. The predicted molar refractivity (Wildman–Crippen MR) is 165 cm³/mol. The van der Waals surface area contributed by atoms with Crippen molar-refractivity contribution in [2.75, 3.05) is 51.3 Å². The highest BCUT2D eigenvalue weighted by Crippen LogP contribution is 2.54. The van der Waals surface area contributed by atoms with Crippen LogP contribution < -0.4 is 9.64 Å². The van der Waals surface area contributed by atoms with Crippen molar-refractivity contribution < 1.29 is 13.9 Å². The number of rotatable bonds is 7. The molecule has 3 heterocycles. The minimum atomic E-state index is -0.329. The van der Waals surface area contributed by atoms with Gasteiger partial charge < -0.3 is 24.3 Å². The third kappa shape index (κ3) is 4.92. The van der Waals surface area contributed by atoms with E-state index in [4.69, 9.17) is 21.3 Å². The lowest BCUT2D eigenvalue weighted by molar-refractivity contribution is -0.128. The van der Waals surface area contributed by atoms with E-state index < -0.39 is 0 Å². The average molecular weight is 581 g/mol. The summed E-state index contributed by atoms with van der Waals surface area (Å²) in [5.41, 5.74) is 4.80. The molecule has 1 amide bonds. The number of ether oxygens (including phenoxy) is 1. The number of carbonyl (C=O) groups excluding carboxylic acids is 1. The van der Waals surface area contributed by atoms with E-state index in [0.717, 1.165) is 37.8 Å². The van der Waals surface area contributed by atoms with Gasteiger partial charge in [-0.15, -0.1) is 0 Å². The van der Waals surface area contributed by atoms with Gasteiger partial charge in [-0.1, -0.05) is 24.8 Å². The molecule has 0 bridgehead atoms. The summed E-state index contributed by atoms with van der Waals surface area (Å²) in [6, 6.07) is 9.94. The van der Waals surface area contributed by atoms with Gasteiger partial charge in [0.25, 0.3) is 0 Å². The zero-order valence-corrected chi connectivity index (χ0v) is 24.6. The van der Waals surface area contributed by atoms with E-state index in [-0.39, 0.29) is 30.3 Å². The molecule has 3 aromatic rings. The number of benzene rings is 2. The molecule has 0 spiro atoms. The molecule has 4 aliphatic rings. The van der Waals surface area contributed by atoms with Gasteiger partial charge in [0, 0.05) is 36.6 Å². The average Bonchev–Trinajstić information content (AvgIpc) is 3.53. The first kappa shape index (κ1) is 27.8. The fourth-order valence-corrected chi connectivity index (χ4v) is 7.64. The van der Waals surface area contributed by atoms with E-state index in [2.05, 4.69) is 29.4 Å². The number of anilines is 1. The Morgan fingerprint density at radius 3 is 2.79 bits per heavy atom. The molecule has 8 nitrogen and oxygen atoms in total. The smallest absolute Gasteiger partial charge is 0.319 e. The molecule has 9 heteroatoms. The number of amides is 1. The van der Waals surface area contributed by atoms with Crippen LogP contribution in [0.2, 0.25) is 0 Å². The van der Waals surface area contributed by atoms with Crippen LogP contribution >= 0.6 is 0 Å². The number of aromatic nitrogens is 2. The number of halogens is 1. The number of piperazine rings is 1. The summed E-state index contributed by atoms with van der Waals surface area (Å²) in [7, 11) is 2.11. The Labute approximate surface area is 252 Å². The minimum Gasteiger partial charge on any atom is -0.462 e. The van der Waals surface area contributed by atoms with Crippen LogP contribution in [0.5, 0.6) is 6.01 Å². The lowest BCUT2D eigenvalue weighted by Crippen LogP contribution is -2.56. The molecule has 1 saturated carbocycles. The number of fused-ring (bicyclic) bond motifs is 4. The Balaban J connectivity index is 1.30. The van der Waals surface area contributed by atoms with Crippen molar-refractivity contribution in [1.82, 2.24) is 19.8 Å². The van der Waals surface area contributed by atoms with Crippen LogP contribution in [-0.2, 0) is 11.2 Å². The molecule has 43 heavy (non-hydrogen) atoms. The molecule has 2 aromatic carbocycles. The van der Waals surface area contributed by atoms with Crippen molar-refractivity contribution in [3.05, 3.63) is 71.3 Å². The molecule has 2 aliphatic heterocycles. The molecule has 4 atom stereocenters. The van der Waals surface area contributed by atoms with Gasteiger partial charge in [-0.2, -0.15) is 9.97 Å². The number of nitrogens with zero attached hydrogens (tertiary/aromatic N) is 6. The zero-order chi connectivity index (χ0) is 29.7. The van der Waals surface area contributed by atoms with Gasteiger partial charge in [-0.25, -0.2) is 11.0 Å². The van der Waals surface area contributed by atoms with E-state index in [1.54, 1.807) is 11.0 Å². The first-order valence-electron chi connectivity index (χ1n) is 15.4. The second-order valence-corrected chi connectivity index (χ2v) is 12.5. The van der Waals surface area contributed by atoms with Crippen LogP contribution in [0.15, 0.2) is 43.0 Å². The van der Waals surface area contributed by atoms with Crippen LogP contribution in [0.3, 0.4) is 0 Å². The lowest BCUT2D eigenvalue weighted by atomic mass is 9.73. The van der Waals surface area contributed by atoms with Crippen LogP contribution in [0.4, 0.5) is 10.2 Å². The van der Waals surface area contributed by atoms with Gasteiger partial charge in [-0.3, -0.25) is 4.79 Å². The Bertz CT molecular complexity index is 1640. The normalized spacial score (nSPS) is 24.8. The van der Waals surface area contributed by atoms with E-state index >= 15 is 4.39 Å². The van der Waals surface area contributed by atoms with Gasteiger partial charge in [-0.05, 0) is 92.4 Å². The van der Waals surface area contributed by atoms with Crippen molar-refractivity contribution in [2.45, 2.75) is 50.1 Å². The van der Waals surface area contributed by atoms with E-state index in [0.29, 0.717) is 66.4 Å². The summed E-state index contributed by atoms with van der Waals surface area (Å²) in [5, 5.41) is 0.603. The molecule has 2 aliphatic carbocycles. The van der Waals surface area contributed by atoms with Crippen LogP contribution in [0.1, 0.15) is 42.7 Å². The summed E-state index contributed by atoms with van der Waals surface area (Å²) >= 11 is 0. The van der Waals surface area contributed by atoms with E-state index in [9.17, 15) is 4.79 Å². The Morgan fingerprint density at radius 2 is 2.05 bits per heavy atom. The highest BCUT2D eigenvalue weighted by atomic mass is 19.1. The molecule has 1 aromatic heterocycles. The van der Waals surface area contributed by atoms with Gasteiger partial charge in [0.1, 0.15) is 24.3 Å². The number of likely N-dealkylation sites (N-methyl/N-ethyl adjacent to an activating group) is 1. The topological polar surface area (TPSA) is 66.2 Å². The first-order valence-corrected chi connectivity index (χ1v) is 15.4. The molecule has 7 rings (SSSR count). The van der Waals surface area contributed by atoms with Crippen molar-refractivity contribution >= 4 is 22.6 Å². The van der Waals surface area contributed by atoms with E-state index in [1.807, 2.05) is 23.1 Å². The number of carbonyl (C=O) groups is 1. The lowest BCUT2D eigenvalue weighted by Gasteiger charge is -2.39. The molecule has 0 N–H and O–H groups in total. The fraction of sp³-hybridized carbons (Fsp3) is 0.471. The molecule has 0 radical (unpaired) electrons. The highest BCUT2D eigenvalue weighted by molar-refractivity contribution is 5.94. The molecule has 2 saturated heterocycles. The van der Waals surface area contributed by atoms with Gasteiger partial charge in [0.15, 0.2) is 0 Å². The van der Waals surface area contributed by atoms with Crippen LogP contribution in [0, 0.1) is 18.3 Å². The summed E-state index contributed by atoms with van der Waals surface area (Å²) in [5.74, 6) is 1.28. The van der Waals surface area contributed by atoms with Gasteiger partial charge >= 0.3 is 6.01 Å². The predicted octanol–water partition coefficient (Wildman–Crippen LogP) is 5.08. The third-order valence-corrected chi connectivity index (χ3v) is 10.1. The molecule has 3 fully saturated rings. The summed E-state index contributed by atoms with van der Waals surface area (Å²) in [6.07, 6.45) is 6.97. The standard InChI is InChI=1S/C34H37FN6O2/c1-4-31(42)41-14-13-40(19-24(41)18-36-2)33-28-16-29(35)27(26-9-5-7-22-15-21-10-11-25(21)32(22)26)17-30(28)37-34(38-33)43-20-23-8-6-12-39(23)3/h4-5,7,9,16-17,21,23-25H,1,6,8,10-15,18-20H2,3H3/t21?,23-,24-,25?/m0/s1. The zero-order valence-electron chi connectivity index (χ0n) is 24.6. The Kier molecular flexibility index (Phi) is 7.26. The highest BCUT2D eigenvalue weighted by Gasteiger charge is 2.41. The maximum Gasteiger partial charge on any atom is 0.319 e. The maximum absolute atomic E-state index is 16.2. The van der Waals surface area contributed by atoms with Gasteiger partial charge in [0.2, 0.25) is 12.5 Å². The monoisotopic (exact) mass is 580 g/mol. The van der Waals surface area contributed by atoms with Gasteiger partial charge in [0.05, 0.1) is 5.52 Å². The second kappa shape index (κ2) is 11.2. The molecular formula is C34H37FN6O2. The Morgan fingerprint density at radius 1 is 1.16 bits per heavy atom. The van der Waals surface area contributed by atoms with Crippen molar-refractivity contribution in [3.8, 4) is 17.1 Å². The maximum atomic E-state index is 16.2. The first-order chi connectivity index (χ1) is 20.9. The summed E-state index contributed by atoms with van der Waals surface area (Å²) in [6.45, 7) is 14.1. The van der Waals surface area contributed by atoms with Crippen LogP contribution in [-0.4, -0.2) is 84.1 Å². The van der Waals surface area contributed by atoms with E-state index in [1.165, 1.54) is 23.6 Å².